The number of allylic oxidation sites excluding steroid dienone is 1. The summed E-state index contributed by atoms with van der Waals surface area (Å²) in [5, 5.41) is 4.01. The number of ketones is 1. The Morgan fingerprint density at radius 3 is 1.72 bits per heavy atom. The van der Waals surface area contributed by atoms with Crippen LogP contribution in [-0.4, -0.2) is 12.1 Å². The maximum Gasteiger partial charge on any atom is 0.186 e. The molecule has 0 heterocycles. The zero-order valence-corrected chi connectivity index (χ0v) is 33.4. The Morgan fingerprint density at radius 1 is 0.491 bits per heavy atom. The molecule has 0 radical (unpaired) electrons. The Kier molecular flexibility index (Phi) is 10.00. The molecule has 0 amide bonds. The summed E-state index contributed by atoms with van der Waals surface area (Å²) in [5.74, 6) is -0.202. The van der Waals surface area contributed by atoms with Gasteiger partial charge in [0.05, 0.1) is 0 Å². The van der Waals surface area contributed by atoms with Crippen molar-refractivity contribution in [3.05, 3.63) is 202 Å². The number of benzene rings is 8. The van der Waals surface area contributed by atoms with Gasteiger partial charge in [-0.2, -0.15) is 0 Å². The minimum atomic E-state index is -0.202. The third kappa shape index (κ3) is 7.45. The van der Waals surface area contributed by atoms with Crippen molar-refractivity contribution in [1.82, 2.24) is 0 Å². The minimum Gasteiger partial charge on any atom is -0.310 e. The summed E-state index contributed by atoms with van der Waals surface area (Å²) in [6.07, 6.45) is 4.13. The fourth-order valence-electron chi connectivity index (χ4n) is 8.25. The van der Waals surface area contributed by atoms with E-state index >= 15 is 0 Å². The molecule has 0 spiro atoms. The summed E-state index contributed by atoms with van der Waals surface area (Å²) in [6.45, 7) is 13.1. The highest BCUT2D eigenvalue weighted by Crippen LogP contribution is 2.39. The lowest BCUT2D eigenvalue weighted by molar-refractivity contribution is 0.103. The van der Waals surface area contributed by atoms with Crippen LogP contribution < -0.4 is 4.90 Å². The number of hydrogen-bond acceptors (Lipinski definition) is 3. The first-order valence-corrected chi connectivity index (χ1v) is 19.5. The number of carbonyl (C=O) groups is 2. The number of hydrogen-bond donors (Lipinski definition) is 0. The van der Waals surface area contributed by atoms with E-state index in [4.69, 9.17) is 0 Å². The molecule has 0 atom stereocenters. The van der Waals surface area contributed by atoms with Crippen molar-refractivity contribution in [2.45, 2.75) is 41.5 Å². The van der Waals surface area contributed by atoms with Crippen molar-refractivity contribution in [1.29, 1.82) is 0 Å². The first-order chi connectivity index (χ1) is 27.6. The lowest BCUT2D eigenvalue weighted by atomic mass is 9.93. The van der Waals surface area contributed by atoms with E-state index in [1.165, 1.54) is 55.6 Å². The van der Waals surface area contributed by atoms with Gasteiger partial charge in [-0.3, -0.25) is 9.59 Å². The standard InChI is InChI=1S/C54H45NO2/c1-34-25-38(5)54(39(6)26-34)42-16-21-49(22-17-42)55(48-19-14-41(15-20-48)51-28-36(3)35(2)27-37(51)4)50-23-18-45-29-40(11-13-46(45)31-50)12-24-53(57)52-32-44-10-8-7-9-43(44)30-47(52)33-56/h7-33H,1-6H3. The molecular formula is C54H45NO2. The Morgan fingerprint density at radius 2 is 1.05 bits per heavy atom. The lowest BCUT2D eigenvalue weighted by Gasteiger charge is -2.26. The smallest absolute Gasteiger partial charge is 0.186 e. The number of rotatable bonds is 9. The van der Waals surface area contributed by atoms with E-state index in [-0.39, 0.29) is 5.78 Å². The van der Waals surface area contributed by atoms with Crippen LogP contribution in [0.25, 0.3) is 49.9 Å². The molecule has 278 valence electrons. The van der Waals surface area contributed by atoms with Gasteiger partial charge >= 0.3 is 0 Å². The second kappa shape index (κ2) is 15.4. The zero-order valence-electron chi connectivity index (χ0n) is 33.4. The summed E-state index contributed by atoms with van der Waals surface area (Å²) >= 11 is 0. The highest BCUT2D eigenvalue weighted by molar-refractivity contribution is 6.13. The average Bonchev–Trinajstić information content (AvgIpc) is 3.21. The van der Waals surface area contributed by atoms with E-state index in [1.54, 1.807) is 18.2 Å². The van der Waals surface area contributed by atoms with Gasteiger partial charge in [0.2, 0.25) is 0 Å². The SMILES string of the molecule is Cc1cc(C)c(-c2ccc(N(c3ccc(-c4cc(C)c(C)cc4C)cc3)c3ccc4cc(C=CC(=O)c5cc6ccccc6cc5C=O)ccc4c3)cc2)c(C)c1. The van der Waals surface area contributed by atoms with E-state index in [0.29, 0.717) is 11.1 Å². The summed E-state index contributed by atoms with van der Waals surface area (Å²) in [6, 6.07) is 50.9. The van der Waals surface area contributed by atoms with Crippen LogP contribution in [0.1, 0.15) is 59.7 Å². The fraction of sp³-hybridized carbons (Fsp3) is 0.111. The molecule has 0 N–H and O–H groups in total. The molecule has 0 bridgehead atoms. The monoisotopic (exact) mass is 739 g/mol. The molecule has 0 fully saturated rings. The van der Waals surface area contributed by atoms with E-state index in [1.807, 2.05) is 36.4 Å². The Bertz CT molecular complexity index is 2860. The molecule has 0 saturated carbocycles. The van der Waals surface area contributed by atoms with Gasteiger partial charge in [0.25, 0.3) is 0 Å². The van der Waals surface area contributed by atoms with Gasteiger partial charge in [-0.15, -0.1) is 0 Å². The normalized spacial score (nSPS) is 11.4. The molecule has 0 aliphatic carbocycles. The number of nitrogens with zero attached hydrogens (tertiary/aromatic N) is 1. The molecule has 0 aliphatic rings. The molecule has 0 saturated heterocycles. The number of aryl methyl sites for hydroxylation is 6. The molecule has 3 heteroatoms. The van der Waals surface area contributed by atoms with Crippen LogP contribution >= 0.6 is 0 Å². The molecule has 3 nitrogen and oxygen atoms in total. The molecule has 57 heavy (non-hydrogen) atoms. The van der Waals surface area contributed by atoms with Gasteiger partial charge in [0.1, 0.15) is 0 Å². The van der Waals surface area contributed by atoms with Gasteiger partial charge in [-0.1, -0.05) is 103 Å². The van der Waals surface area contributed by atoms with Gasteiger partial charge in [-0.05, 0) is 179 Å². The zero-order chi connectivity index (χ0) is 39.8. The van der Waals surface area contributed by atoms with E-state index in [9.17, 15) is 9.59 Å². The molecule has 0 aliphatic heterocycles. The summed E-state index contributed by atoms with van der Waals surface area (Å²) < 4.78 is 0. The number of carbonyl (C=O) groups excluding carboxylic acids is 2. The number of fused-ring (bicyclic) bond motifs is 2. The molecule has 0 aromatic heterocycles. The van der Waals surface area contributed by atoms with Gasteiger partial charge in [0.15, 0.2) is 12.1 Å². The predicted molar refractivity (Wildman–Crippen MR) is 241 cm³/mol. The van der Waals surface area contributed by atoms with Crippen LogP contribution in [0.5, 0.6) is 0 Å². The van der Waals surface area contributed by atoms with Crippen LogP contribution in [0.2, 0.25) is 0 Å². The Hall–Kier alpha value is -6.84. The highest BCUT2D eigenvalue weighted by atomic mass is 16.1. The second-order valence-electron chi connectivity index (χ2n) is 15.3. The predicted octanol–water partition coefficient (Wildman–Crippen LogP) is 14.4. The van der Waals surface area contributed by atoms with Crippen LogP contribution in [0.15, 0.2) is 152 Å². The maximum atomic E-state index is 13.3. The van der Waals surface area contributed by atoms with Crippen molar-refractivity contribution in [2.75, 3.05) is 4.90 Å². The van der Waals surface area contributed by atoms with Crippen LogP contribution in [0, 0.1) is 41.5 Å². The fourth-order valence-corrected chi connectivity index (χ4v) is 8.25. The van der Waals surface area contributed by atoms with E-state index in [2.05, 4.69) is 150 Å². The van der Waals surface area contributed by atoms with Crippen molar-refractivity contribution in [3.63, 3.8) is 0 Å². The summed E-state index contributed by atoms with van der Waals surface area (Å²) in [7, 11) is 0. The maximum absolute atomic E-state index is 13.3. The Balaban J connectivity index is 1.14. The first kappa shape index (κ1) is 37.1. The number of aldehydes is 1. The van der Waals surface area contributed by atoms with Crippen molar-refractivity contribution in [2.24, 2.45) is 0 Å². The highest BCUT2D eigenvalue weighted by Gasteiger charge is 2.16. The van der Waals surface area contributed by atoms with E-state index in [0.717, 1.165) is 50.5 Å². The van der Waals surface area contributed by atoms with Crippen molar-refractivity contribution >= 4 is 56.8 Å². The van der Waals surface area contributed by atoms with Gasteiger partial charge < -0.3 is 4.90 Å². The molecule has 8 aromatic carbocycles. The molecular weight excluding hydrogens is 695 g/mol. The van der Waals surface area contributed by atoms with Crippen LogP contribution in [0.3, 0.4) is 0 Å². The van der Waals surface area contributed by atoms with Crippen molar-refractivity contribution < 1.29 is 9.59 Å². The molecule has 0 unspecified atom stereocenters. The minimum absolute atomic E-state index is 0.202. The topological polar surface area (TPSA) is 37.4 Å². The quantitative estimate of drug-likeness (QED) is 0.0840. The first-order valence-electron chi connectivity index (χ1n) is 19.5. The molecule has 8 aromatic rings. The van der Waals surface area contributed by atoms with E-state index < -0.39 is 0 Å². The van der Waals surface area contributed by atoms with Gasteiger partial charge in [0, 0.05) is 28.2 Å². The lowest BCUT2D eigenvalue weighted by Crippen LogP contribution is -2.10. The average molecular weight is 740 g/mol. The summed E-state index contributed by atoms with van der Waals surface area (Å²) in [5.41, 5.74) is 17.5. The summed E-state index contributed by atoms with van der Waals surface area (Å²) in [4.78, 5) is 27.5. The van der Waals surface area contributed by atoms with Crippen molar-refractivity contribution in [3.8, 4) is 22.3 Å². The second-order valence-corrected chi connectivity index (χ2v) is 15.3. The van der Waals surface area contributed by atoms with Gasteiger partial charge in [-0.25, -0.2) is 0 Å². The third-order valence-electron chi connectivity index (χ3n) is 11.2. The number of anilines is 3. The third-order valence-corrected chi connectivity index (χ3v) is 11.2. The largest absolute Gasteiger partial charge is 0.310 e. The Labute approximate surface area is 335 Å². The van der Waals surface area contributed by atoms with Crippen LogP contribution in [0.4, 0.5) is 17.1 Å². The molecule has 8 rings (SSSR count). The van der Waals surface area contributed by atoms with Crippen LogP contribution in [-0.2, 0) is 0 Å².